The molecule has 3 heterocycles. The average molecular weight is 481 g/mol. The second-order valence-electron chi connectivity index (χ2n) is 5.59. The van der Waals surface area contributed by atoms with Gasteiger partial charge >= 0.3 is 0 Å². The van der Waals surface area contributed by atoms with Crippen LogP contribution in [0.2, 0.25) is 0 Å². The fourth-order valence-electron chi connectivity index (χ4n) is 2.39. The third-order valence-corrected chi connectivity index (χ3v) is 3.64. The summed E-state index contributed by atoms with van der Waals surface area (Å²) in [5.41, 5.74) is 1.06. The zero-order valence-corrected chi connectivity index (χ0v) is 17.5. The van der Waals surface area contributed by atoms with Gasteiger partial charge in [0.15, 0.2) is 11.7 Å². The molecule has 0 radical (unpaired) electrons. The van der Waals surface area contributed by atoms with Crippen molar-refractivity contribution >= 4 is 29.9 Å². The minimum absolute atomic E-state index is 0. The second kappa shape index (κ2) is 11.3. The Morgan fingerprint density at radius 3 is 2.85 bits per heavy atom. The van der Waals surface area contributed by atoms with Gasteiger partial charge in [0.1, 0.15) is 5.82 Å². The number of hydrogen-bond acceptors (Lipinski definition) is 5. The van der Waals surface area contributed by atoms with E-state index in [1.54, 1.807) is 6.26 Å². The van der Waals surface area contributed by atoms with E-state index in [-0.39, 0.29) is 24.0 Å². The summed E-state index contributed by atoms with van der Waals surface area (Å²) in [6, 6.07) is 9.58. The van der Waals surface area contributed by atoms with E-state index in [9.17, 15) is 0 Å². The lowest BCUT2D eigenvalue weighted by Gasteiger charge is -2.10. The number of pyridine rings is 1. The zero-order valence-electron chi connectivity index (χ0n) is 15.2. The van der Waals surface area contributed by atoms with Crippen molar-refractivity contribution in [1.29, 1.82) is 0 Å². The Bertz CT molecular complexity index is 802. The van der Waals surface area contributed by atoms with Crippen LogP contribution >= 0.6 is 24.0 Å². The van der Waals surface area contributed by atoms with Crippen LogP contribution in [0.25, 0.3) is 11.6 Å². The van der Waals surface area contributed by atoms with Gasteiger partial charge in [0.2, 0.25) is 5.82 Å². The summed E-state index contributed by atoms with van der Waals surface area (Å²) < 4.78 is 5.29. The SMILES string of the molecule is CCNC(=NCCc1nc(-c2ccco2)n[nH]1)NCCc1ccccn1.I. The van der Waals surface area contributed by atoms with E-state index in [1.807, 2.05) is 43.5 Å². The monoisotopic (exact) mass is 481 g/mol. The fourth-order valence-corrected chi connectivity index (χ4v) is 2.39. The molecule has 0 saturated heterocycles. The van der Waals surface area contributed by atoms with E-state index in [4.69, 9.17) is 4.42 Å². The molecule has 3 N–H and O–H groups in total. The Hall–Kier alpha value is -2.43. The predicted octanol–water partition coefficient (Wildman–Crippen LogP) is 2.42. The molecule has 0 spiro atoms. The minimum Gasteiger partial charge on any atom is -0.461 e. The third-order valence-electron chi connectivity index (χ3n) is 3.64. The smallest absolute Gasteiger partial charge is 0.216 e. The molecular weight excluding hydrogens is 457 g/mol. The lowest BCUT2D eigenvalue weighted by Crippen LogP contribution is -2.38. The standard InChI is InChI=1S/C18H23N7O.HI/c1-2-19-18(21-11-8-14-6-3-4-10-20-14)22-12-9-16-23-17(25-24-16)15-7-5-13-26-15;/h3-7,10,13H,2,8-9,11-12H2,1H3,(H2,19,21,22)(H,23,24,25);1H. The molecule has 0 atom stereocenters. The van der Waals surface area contributed by atoms with E-state index in [0.717, 1.165) is 37.0 Å². The number of aromatic amines is 1. The van der Waals surface area contributed by atoms with E-state index < -0.39 is 0 Å². The summed E-state index contributed by atoms with van der Waals surface area (Å²) in [5.74, 6) is 2.79. The number of guanidine groups is 1. The van der Waals surface area contributed by atoms with Gasteiger partial charge in [-0.3, -0.25) is 15.1 Å². The highest BCUT2D eigenvalue weighted by atomic mass is 127. The van der Waals surface area contributed by atoms with Gasteiger partial charge in [-0.2, -0.15) is 5.10 Å². The van der Waals surface area contributed by atoms with Crippen molar-refractivity contribution in [2.45, 2.75) is 19.8 Å². The number of aromatic nitrogens is 4. The fraction of sp³-hybridized carbons (Fsp3) is 0.333. The first kappa shape index (κ1) is 20.9. The van der Waals surface area contributed by atoms with Crippen LogP contribution < -0.4 is 10.6 Å². The summed E-state index contributed by atoms with van der Waals surface area (Å²) >= 11 is 0. The van der Waals surface area contributed by atoms with Gasteiger partial charge in [-0.15, -0.1) is 24.0 Å². The molecule has 0 aliphatic heterocycles. The van der Waals surface area contributed by atoms with Crippen LogP contribution in [0.3, 0.4) is 0 Å². The van der Waals surface area contributed by atoms with Crippen molar-refractivity contribution < 1.29 is 4.42 Å². The maximum Gasteiger partial charge on any atom is 0.216 e. The van der Waals surface area contributed by atoms with Gasteiger partial charge in [-0.25, -0.2) is 4.98 Å². The summed E-state index contributed by atoms with van der Waals surface area (Å²) in [6.07, 6.45) is 4.93. The molecule has 0 amide bonds. The minimum atomic E-state index is 0. The molecule has 9 heteroatoms. The Kier molecular flexibility index (Phi) is 8.75. The number of nitrogens with zero attached hydrogens (tertiary/aromatic N) is 4. The van der Waals surface area contributed by atoms with Crippen molar-refractivity contribution in [3.8, 4) is 11.6 Å². The van der Waals surface area contributed by atoms with E-state index in [1.165, 1.54) is 0 Å². The molecule has 144 valence electrons. The molecule has 3 aromatic heterocycles. The predicted molar refractivity (Wildman–Crippen MR) is 115 cm³/mol. The number of hydrogen-bond donors (Lipinski definition) is 3. The quantitative estimate of drug-likeness (QED) is 0.260. The molecule has 0 fully saturated rings. The van der Waals surface area contributed by atoms with E-state index in [0.29, 0.717) is 24.6 Å². The number of halogens is 1. The number of furan rings is 1. The largest absolute Gasteiger partial charge is 0.461 e. The van der Waals surface area contributed by atoms with Gasteiger partial charge in [-0.1, -0.05) is 6.07 Å². The topological polar surface area (TPSA) is 104 Å². The van der Waals surface area contributed by atoms with Crippen molar-refractivity contribution in [2.75, 3.05) is 19.6 Å². The number of H-pyrrole nitrogens is 1. The van der Waals surface area contributed by atoms with Crippen LogP contribution in [0.5, 0.6) is 0 Å². The summed E-state index contributed by atoms with van der Waals surface area (Å²) in [4.78, 5) is 13.3. The van der Waals surface area contributed by atoms with Gasteiger partial charge < -0.3 is 15.1 Å². The average Bonchev–Trinajstić information content (AvgIpc) is 3.34. The molecular formula is C18H24IN7O. The van der Waals surface area contributed by atoms with Crippen molar-refractivity contribution in [3.63, 3.8) is 0 Å². The van der Waals surface area contributed by atoms with Crippen molar-refractivity contribution in [3.05, 3.63) is 54.3 Å². The molecule has 0 unspecified atom stereocenters. The summed E-state index contributed by atoms with van der Waals surface area (Å²) in [5, 5.41) is 13.6. The number of rotatable bonds is 8. The van der Waals surface area contributed by atoms with Gasteiger partial charge in [0.25, 0.3) is 0 Å². The van der Waals surface area contributed by atoms with E-state index in [2.05, 4.69) is 35.8 Å². The molecule has 0 aliphatic rings. The lowest BCUT2D eigenvalue weighted by molar-refractivity contribution is 0.577. The second-order valence-corrected chi connectivity index (χ2v) is 5.59. The van der Waals surface area contributed by atoms with Gasteiger partial charge in [-0.05, 0) is 31.2 Å². The van der Waals surface area contributed by atoms with Crippen LogP contribution in [-0.2, 0) is 12.8 Å². The highest BCUT2D eigenvalue weighted by molar-refractivity contribution is 14.0. The molecule has 0 aliphatic carbocycles. The van der Waals surface area contributed by atoms with Crippen molar-refractivity contribution in [1.82, 2.24) is 30.8 Å². The highest BCUT2D eigenvalue weighted by Crippen LogP contribution is 2.14. The Morgan fingerprint density at radius 2 is 2.11 bits per heavy atom. The molecule has 3 rings (SSSR count). The van der Waals surface area contributed by atoms with Gasteiger partial charge in [0, 0.05) is 44.4 Å². The molecule has 3 aromatic rings. The highest BCUT2D eigenvalue weighted by Gasteiger charge is 2.07. The normalized spacial score (nSPS) is 11.1. The van der Waals surface area contributed by atoms with Crippen LogP contribution in [0.15, 0.2) is 52.2 Å². The first-order valence-electron chi connectivity index (χ1n) is 8.72. The van der Waals surface area contributed by atoms with Crippen molar-refractivity contribution in [2.24, 2.45) is 4.99 Å². The van der Waals surface area contributed by atoms with Crippen LogP contribution in [0.1, 0.15) is 18.4 Å². The number of nitrogens with one attached hydrogen (secondary N) is 3. The van der Waals surface area contributed by atoms with Crippen LogP contribution in [0, 0.1) is 0 Å². The molecule has 8 nitrogen and oxygen atoms in total. The maximum absolute atomic E-state index is 5.29. The lowest BCUT2D eigenvalue weighted by atomic mass is 10.3. The van der Waals surface area contributed by atoms with Gasteiger partial charge in [0.05, 0.1) is 6.26 Å². The maximum atomic E-state index is 5.29. The first-order valence-corrected chi connectivity index (χ1v) is 8.72. The summed E-state index contributed by atoms with van der Waals surface area (Å²) in [6.45, 7) is 4.22. The van der Waals surface area contributed by atoms with E-state index >= 15 is 0 Å². The van der Waals surface area contributed by atoms with Crippen LogP contribution in [-0.4, -0.2) is 45.8 Å². The van der Waals surface area contributed by atoms with Crippen LogP contribution in [0.4, 0.5) is 0 Å². The Balaban J connectivity index is 0.00000261. The number of aliphatic imine (C=N–C) groups is 1. The first-order chi connectivity index (χ1) is 12.8. The summed E-state index contributed by atoms with van der Waals surface area (Å²) in [7, 11) is 0. The Morgan fingerprint density at radius 1 is 1.19 bits per heavy atom. The molecule has 27 heavy (non-hydrogen) atoms. The Labute approximate surface area is 175 Å². The molecule has 0 saturated carbocycles. The molecule has 0 bridgehead atoms. The molecule has 0 aromatic carbocycles. The third kappa shape index (κ3) is 6.66. The zero-order chi connectivity index (χ0) is 18.0.